The minimum atomic E-state index is 0.894. The van der Waals surface area contributed by atoms with Crippen LogP contribution in [0.5, 0.6) is 0 Å². The highest BCUT2D eigenvalue weighted by Crippen LogP contribution is 2.37. The van der Waals surface area contributed by atoms with Crippen LogP contribution in [0.2, 0.25) is 0 Å². The van der Waals surface area contributed by atoms with E-state index in [0.717, 1.165) is 25.0 Å². The quantitative estimate of drug-likeness (QED) is 0.653. The largest absolute Gasteiger partial charge is 0.358 e. The van der Waals surface area contributed by atoms with Crippen LogP contribution in [-0.4, -0.2) is 10.7 Å². The third-order valence-electron chi connectivity index (χ3n) is 5.64. The monoisotopic (exact) mass is 346 g/mol. The molecule has 136 valence electrons. The summed E-state index contributed by atoms with van der Waals surface area (Å²) >= 11 is 0. The van der Waals surface area contributed by atoms with Crippen LogP contribution in [0.4, 0.5) is 0 Å². The van der Waals surface area contributed by atoms with Crippen molar-refractivity contribution in [3.05, 3.63) is 75.3 Å². The number of nitrogens with zero attached hydrogens (tertiary/aromatic N) is 1. The van der Waals surface area contributed by atoms with Crippen LogP contribution in [0.15, 0.2) is 52.2 Å². The maximum absolute atomic E-state index is 5.00. The average molecular weight is 347 g/mol. The first-order chi connectivity index (χ1) is 12.5. The SMILES string of the molecule is CCC1=C(C)/C(=C(\Cc2ccccc2)c2[nH]c(C)c(CC)c2C)N=C1C. The molecule has 0 fully saturated rings. The molecular weight excluding hydrogens is 316 g/mol. The zero-order chi connectivity index (χ0) is 18.8. The molecule has 0 aliphatic carbocycles. The molecule has 0 spiro atoms. The molecule has 0 radical (unpaired) electrons. The Balaban J connectivity index is 2.22. The summed E-state index contributed by atoms with van der Waals surface area (Å²) in [6.07, 6.45) is 2.98. The van der Waals surface area contributed by atoms with Crippen LogP contribution in [0.1, 0.15) is 62.2 Å². The summed E-state index contributed by atoms with van der Waals surface area (Å²) in [7, 11) is 0. The standard InChI is InChI=1S/C24H30N2/c1-7-20-15(3)23(25-17(20)5)22(14-19-12-10-9-11-13-19)24-16(4)21(8-2)18(6)26-24/h9-13,25H,7-8,14H2,1-6H3/b24-22-. The number of aliphatic imine (C=N–C) groups is 1. The second-order valence-corrected chi connectivity index (χ2v) is 7.23. The van der Waals surface area contributed by atoms with Gasteiger partial charge >= 0.3 is 0 Å². The molecule has 2 heterocycles. The minimum Gasteiger partial charge on any atom is -0.358 e. The van der Waals surface area contributed by atoms with E-state index in [1.807, 2.05) is 0 Å². The normalized spacial score (nSPS) is 16.3. The molecule has 0 saturated carbocycles. The second kappa shape index (κ2) is 7.49. The Hall–Kier alpha value is -2.35. The third-order valence-corrected chi connectivity index (χ3v) is 5.64. The van der Waals surface area contributed by atoms with Crippen molar-refractivity contribution in [2.45, 2.75) is 60.8 Å². The van der Waals surface area contributed by atoms with E-state index in [9.17, 15) is 0 Å². The highest BCUT2D eigenvalue weighted by molar-refractivity contribution is 6.04. The zero-order valence-electron chi connectivity index (χ0n) is 17.0. The lowest BCUT2D eigenvalue weighted by molar-refractivity contribution is 1.08. The average Bonchev–Trinajstić information content (AvgIpc) is 3.08. The van der Waals surface area contributed by atoms with Crippen LogP contribution in [0.25, 0.3) is 5.57 Å². The van der Waals surface area contributed by atoms with E-state index in [4.69, 9.17) is 4.99 Å². The lowest BCUT2D eigenvalue weighted by atomic mass is 9.93. The molecule has 0 atom stereocenters. The number of H-pyrrole nitrogens is 1. The number of aromatic amines is 1. The number of aryl methyl sites for hydroxylation is 1. The molecule has 2 nitrogen and oxygen atoms in total. The number of hydrogen-bond acceptors (Lipinski definition) is 1. The number of benzene rings is 1. The van der Waals surface area contributed by atoms with Gasteiger partial charge in [-0.05, 0) is 68.4 Å². The first-order valence-corrected chi connectivity index (χ1v) is 9.69. The lowest BCUT2D eigenvalue weighted by Crippen LogP contribution is -1.98. The maximum atomic E-state index is 5.00. The number of aromatic nitrogens is 1. The fourth-order valence-corrected chi connectivity index (χ4v) is 4.26. The van der Waals surface area contributed by atoms with Gasteiger partial charge in [-0.2, -0.15) is 0 Å². The van der Waals surface area contributed by atoms with Gasteiger partial charge < -0.3 is 4.98 Å². The van der Waals surface area contributed by atoms with Crippen LogP contribution < -0.4 is 0 Å². The Labute approximate surface area is 157 Å². The van der Waals surface area contributed by atoms with Gasteiger partial charge in [0.25, 0.3) is 0 Å². The van der Waals surface area contributed by atoms with Crippen molar-refractivity contribution in [3.8, 4) is 0 Å². The second-order valence-electron chi connectivity index (χ2n) is 7.23. The van der Waals surface area contributed by atoms with Gasteiger partial charge in [0, 0.05) is 29.1 Å². The van der Waals surface area contributed by atoms with E-state index < -0.39 is 0 Å². The van der Waals surface area contributed by atoms with Crippen molar-refractivity contribution in [1.29, 1.82) is 0 Å². The predicted molar refractivity (Wildman–Crippen MR) is 113 cm³/mol. The number of hydrogen-bond donors (Lipinski definition) is 1. The molecule has 1 N–H and O–H groups in total. The van der Waals surface area contributed by atoms with Gasteiger partial charge in [0.2, 0.25) is 0 Å². The summed E-state index contributed by atoms with van der Waals surface area (Å²) in [5.74, 6) is 0. The molecule has 2 heteroatoms. The van der Waals surface area contributed by atoms with Crippen molar-refractivity contribution < 1.29 is 0 Å². The minimum absolute atomic E-state index is 0.894. The van der Waals surface area contributed by atoms with Crippen molar-refractivity contribution in [3.63, 3.8) is 0 Å². The Morgan fingerprint density at radius 1 is 0.962 bits per heavy atom. The Kier molecular flexibility index (Phi) is 5.31. The number of rotatable bonds is 5. The molecule has 1 aliphatic rings. The fourth-order valence-electron chi connectivity index (χ4n) is 4.26. The van der Waals surface area contributed by atoms with Crippen molar-refractivity contribution in [2.24, 2.45) is 4.99 Å². The summed E-state index contributed by atoms with van der Waals surface area (Å²) in [5, 5.41) is 0. The van der Waals surface area contributed by atoms with Crippen LogP contribution in [0, 0.1) is 13.8 Å². The van der Waals surface area contributed by atoms with Crippen molar-refractivity contribution >= 4 is 11.3 Å². The first kappa shape index (κ1) is 18.4. The lowest BCUT2D eigenvalue weighted by Gasteiger charge is -2.13. The van der Waals surface area contributed by atoms with Gasteiger partial charge in [-0.3, -0.25) is 4.99 Å². The molecule has 1 aromatic carbocycles. The van der Waals surface area contributed by atoms with E-state index in [0.29, 0.717) is 0 Å². The van der Waals surface area contributed by atoms with E-state index in [1.54, 1.807) is 0 Å². The molecule has 1 aromatic heterocycles. The highest BCUT2D eigenvalue weighted by atomic mass is 14.8. The van der Waals surface area contributed by atoms with Gasteiger partial charge in [-0.25, -0.2) is 0 Å². The topological polar surface area (TPSA) is 28.1 Å². The van der Waals surface area contributed by atoms with E-state index in [2.05, 4.69) is 76.9 Å². The van der Waals surface area contributed by atoms with E-state index >= 15 is 0 Å². The van der Waals surface area contributed by atoms with Crippen LogP contribution in [0.3, 0.4) is 0 Å². The summed E-state index contributed by atoms with van der Waals surface area (Å²) in [6.45, 7) is 13.2. The van der Waals surface area contributed by atoms with Crippen molar-refractivity contribution in [1.82, 2.24) is 4.98 Å². The molecule has 2 aromatic rings. The molecule has 1 aliphatic heterocycles. The van der Waals surface area contributed by atoms with Crippen molar-refractivity contribution in [2.75, 3.05) is 0 Å². The smallest absolute Gasteiger partial charge is 0.0721 e. The van der Waals surface area contributed by atoms with E-state index in [1.165, 1.54) is 50.5 Å². The van der Waals surface area contributed by atoms with Crippen LogP contribution in [-0.2, 0) is 12.8 Å². The van der Waals surface area contributed by atoms with Crippen LogP contribution >= 0.6 is 0 Å². The molecular formula is C24H30N2. The van der Waals surface area contributed by atoms with Gasteiger partial charge in [-0.1, -0.05) is 44.2 Å². The van der Waals surface area contributed by atoms with Gasteiger partial charge in [-0.15, -0.1) is 0 Å². The Morgan fingerprint density at radius 2 is 1.65 bits per heavy atom. The zero-order valence-corrected chi connectivity index (χ0v) is 17.0. The number of nitrogens with one attached hydrogen (secondary N) is 1. The highest BCUT2D eigenvalue weighted by Gasteiger charge is 2.23. The molecule has 0 amide bonds. The molecule has 0 saturated heterocycles. The van der Waals surface area contributed by atoms with Gasteiger partial charge in [0.05, 0.1) is 5.70 Å². The Bertz CT molecular complexity index is 905. The number of allylic oxidation sites excluding steroid dienone is 3. The Morgan fingerprint density at radius 3 is 2.19 bits per heavy atom. The molecule has 0 unspecified atom stereocenters. The van der Waals surface area contributed by atoms with E-state index in [-0.39, 0.29) is 0 Å². The predicted octanol–water partition coefficient (Wildman–Crippen LogP) is 6.35. The third kappa shape index (κ3) is 3.21. The fraction of sp³-hybridized carbons (Fsp3) is 0.375. The molecule has 3 rings (SSSR count). The maximum Gasteiger partial charge on any atom is 0.0721 e. The molecule has 26 heavy (non-hydrogen) atoms. The summed E-state index contributed by atoms with van der Waals surface area (Å²) in [6, 6.07) is 10.7. The first-order valence-electron chi connectivity index (χ1n) is 9.69. The molecule has 0 bridgehead atoms. The van der Waals surface area contributed by atoms with Gasteiger partial charge in [0.15, 0.2) is 0 Å². The summed E-state index contributed by atoms with van der Waals surface area (Å²) < 4.78 is 0. The van der Waals surface area contributed by atoms with Gasteiger partial charge in [0.1, 0.15) is 0 Å². The summed E-state index contributed by atoms with van der Waals surface area (Å²) in [5.41, 5.74) is 13.0. The summed E-state index contributed by atoms with van der Waals surface area (Å²) in [4.78, 5) is 8.68.